The van der Waals surface area contributed by atoms with Gasteiger partial charge < -0.3 is 10.4 Å². The second kappa shape index (κ2) is 7.59. The van der Waals surface area contributed by atoms with Crippen molar-refractivity contribution in [2.24, 2.45) is 0 Å². The van der Waals surface area contributed by atoms with E-state index in [0.29, 0.717) is 11.3 Å². The van der Waals surface area contributed by atoms with Gasteiger partial charge in [-0.05, 0) is 31.1 Å². The van der Waals surface area contributed by atoms with E-state index in [1.54, 1.807) is 23.5 Å². The highest BCUT2D eigenvalue weighted by Gasteiger charge is 2.16. The molecule has 0 amide bonds. The molecule has 1 aromatic carbocycles. The summed E-state index contributed by atoms with van der Waals surface area (Å²) in [5.41, 5.74) is 1.10. The fourth-order valence-corrected chi connectivity index (χ4v) is 3.12. The van der Waals surface area contributed by atoms with Crippen molar-refractivity contribution >= 4 is 35.2 Å². The van der Waals surface area contributed by atoms with Crippen LogP contribution in [0.15, 0.2) is 23.1 Å². The van der Waals surface area contributed by atoms with E-state index in [1.807, 2.05) is 31.4 Å². The van der Waals surface area contributed by atoms with E-state index in [2.05, 4.69) is 12.2 Å². The lowest BCUT2D eigenvalue weighted by Crippen LogP contribution is -2.20. The average Bonchev–Trinajstić information content (AvgIpc) is 2.29. The third-order valence-electron chi connectivity index (χ3n) is 2.36. The average molecular weight is 285 g/mol. The Hall–Kier alpha value is -0.810. The van der Waals surface area contributed by atoms with Crippen molar-refractivity contribution in [3.63, 3.8) is 0 Å². The number of aromatic carboxylic acids is 1. The first-order valence-corrected chi connectivity index (χ1v) is 8.22. The number of hydrogen-bond acceptors (Lipinski definition) is 4. The number of nitrogens with one attached hydrogen (secondary N) is 1. The normalized spacial score (nSPS) is 12.2. The maximum absolute atomic E-state index is 11.4. The summed E-state index contributed by atoms with van der Waals surface area (Å²) in [4.78, 5) is 12.2. The molecule has 0 bridgehead atoms. The topological polar surface area (TPSA) is 49.3 Å². The van der Waals surface area contributed by atoms with E-state index in [1.165, 1.54) is 0 Å². The van der Waals surface area contributed by atoms with Gasteiger partial charge in [-0.25, -0.2) is 4.79 Å². The summed E-state index contributed by atoms with van der Waals surface area (Å²) in [6, 6.07) is 5.85. The largest absolute Gasteiger partial charge is 0.478 e. The van der Waals surface area contributed by atoms with Gasteiger partial charge in [0.05, 0.1) is 11.3 Å². The van der Waals surface area contributed by atoms with E-state index in [-0.39, 0.29) is 6.04 Å². The lowest BCUT2D eigenvalue weighted by molar-refractivity contribution is 0.0694. The Balaban J connectivity index is 3.02. The number of carboxylic acid groups (broad SMARTS) is 1. The van der Waals surface area contributed by atoms with Gasteiger partial charge >= 0.3 is 5.97 Å². The molecule has 100 valence electrons. The molecule has 1 aromatic rings. The Morgan fingerprint density at radius 3 is 2.78 bits per heavy atom. The minimum atomic E-state index is -0.870. The molecule has 0 fully saturated rings. The fraction of sp³-hybridized carbons (Fsp3) is 0.462. The van der Waals surface area contributed by atoms with Crippen LogP contribution >= 0.6 is 23.5 Å². The summed E-state index contributed by atoms with van der Waals surface area (Å²) in [6.45, 7) is 4.08. The Morgan fingerprint density at radius 2 is 2.22 bits per heavy atom. The summed E-state index contributed by atoms with van der Waals surface area (Å²) >= 11 is 3.30. The van der Waals surface area contributed by atoms with Crippen molar-refractivity contribution in [3.8, 4) is 0 Å². The van der Waals surface area contributed by atoms with Gasteiger partial charge in [0.1, 0.15) is 0 Å². The lowest BCUT2D eigenvalue weighted by atomic mass is 10.1. The zero-order valence-electron chi connectivity index (χ0n) is 10.9. The molecule has 0 saturated heterocycles. The highest BCUT2D eigenvalue weighted by atomic mass is 32.2. The third kappa shape index (κ3) is 4.14. The molecular formula is C13H19NO2S2. The smallest absolute Gasteiger partial charge is 0.338 e. The van der Waals surface area contributed by atoms with Gasteiger partial charge in [-0.2, -0.15) is 11.8 Å². The molecule has 0 aliphatic heterocycles. The van der Waals surface area contributed by atoms with Crippen molar-refractivity contribution in [2.45, 2.75) is 24.8 Å². The Morgan fingerprint density at radius 1 is 1.50 bits per heavy atom. The van der Waals surface area contributed by atoms with Gasteiger partial charge in [-0.15, -0.1) is 11.8 Å². The molecule has 2 N–H and O–H groups in total. The maximum Gasteiger partial charge on any atom is 0.338 e. The van der Waals surface area contributed by atoms with Crippen molar-refractivity contribution < 1.29 is 9.90 Å². The molecule has 3 nitrogen and oxygen atoms in total. The number of thioether (sulfide) groups is 2. The SMILES string of the molecule is CCSc1cccc(NC(C)CSC)c1C(=O)O. The minimum Gasteiger partial charge on any atom is -0.478 e. The van der Waals surface area contributed by atoms with Gasteiger partial charge in [0.25, 0.3) is 0 Å². The van der Waals surface area contributed by atoms with E-state index >= 15 is 0 Å². The predicted octanol–water partition coefficient (Wildman–Crippen LogP) is 3.66. The molecule has 0 saturated carbocycles. The second-order valence-corrected chi connectivity index (χ2v) is 6.13. The molecule has 0 heterocycles. The number of rotatable bonds is 7. The summed E-state index contributed by atoms with van der Waals surface area (Å²) in [7, 11) is 0. The van der Waals surface area contributed by atoms with Gasteiger partial charge in [0.15, 0.2) is 0 Å². The lowest BCUT2D eigenvalue weighted by Gasteiger charge is -2.17. The first-order valence-electron chi connectivity index (χ1n) is 5.84. The van der Waals surface area contributed by atoms with Gasteiger partial charge in [-0.1, -0.05) is 13.0 Å². The molecule has 18 heavy (non-hydrogen) atoms. The van der Waals surface area contributed by atoms with Gasteiger partial charge in [0.2, 0.25) is 0 Å². The standard InChI is InChI=1S/C13H19NO2S2/c1-4-18-11-7-5-6-10(12(11)13(15)16)14-9(2)8-17-3/h5-7,9,14H,4,8H2,1-3H3,(H,15,16). The van der Waals surface area contributed by atoms with Crippen LogP contribution in [0, 0.1) is 0 Å². The molecule has 1 atom stereocenters. The Kier molecular flexibility index (Phi) is 6.43. The first-order chi connectivity index (χ1) is 8.60. The summed E-state index contributed by atoms with van der Waals surface area (Å²) in [5.74, 6) is 0.944. The highest BCUT2D eigenvalue weighted by molar-refractivity contribution is 7.99. The molecule has 1 unspecified atom stereocenters. The molecular weight excluding hydrogens is 266 g/mol. The monoisotopic (exact) mass is 285 g/mol. The van der Waals surface area contributed by atoms with E-state index < -0.39 is 5.97 Å². The van der Waals surface area contributed by atoms with Crippen LogP contribution in [-0.4, -0.2) is 34.9 Å². The molecule has 0 aliphatic rings. The summed E-state index contributed by atoms with van der Waals surface area (Å²) < 4.78 is 0. The molecule has 1 rings (SSSR count). The fourth-order valence-electron chi connectivity index (χ4n) is 1.70. The van der Waals surface area contributed by atoms with Crippen LogP contribution in [0.4, 0.5) is 5.69 Å². The zero-order chi connectivity index (χ0) is 13.5. The predicted molar refractivity (Wildman–Crippen MR) is 81.3 cm³/mol. The quantitative estimate of drug-likeness (QED) is 0.749. The van der Waals surface area contributed by atoms with E-state index in [4.69, 9.17) is 0 Å². The maximum atomic E-state index is 11.4. The second-order valence-electron chi connectivity index (χ2n) is 3.92. The van der Waals surface area contributed by atoms with Crippen LogP contribution in [0.5, 0.6) is 0 Å². The van der Waals surface area contributed by atoms with Crippen LogP contribution < -0.4 is 5.32 Å². The van der Waals surface area contributed by atoms with Crippen LogP contribution in [-0.2, 0) is 0 Å². The van der Waals surface area contributed by atoms with Crippen LogP contribution in [0.1, 0.15) is 24.2 Å². The minimum absolute atomic E-state index is 0.250. The van der Waals surface area contributed by atoms with Gasteiger partial charge in [-0.3, -0.25) is 0 Å². The molecule has 0 spiro atoms. The number of carboxylic acids is 1. The zero-order valence-corrected chi connectivity index (χ0v) is 12.5. The van der Waals surface area contributed by atoms with Crippen LogP contribution in [0.3, 0.4) is 0 Å². The van der Waals surface area contributed by atoms with Crippen molar-refractivity contribution in [1.82, 2.24) is 0 Å². The van der Waals surface area contributed by atoms with Crippen molar-refractivity contribution in [2.75, 3.05) is 23.1 Å². The third-order valence-corrected chi connectivity index (χ3v) is 4.13. The number of anilines is 1. The number of benzene rings is 1. The molecule has 5 heteroatoms. The summed E-state index contributed by atoms with van der Waals surface area (Å²) in [6.07, 6.45) is 2.04. The molecule has 0 aromatic heterocycles. The van der Waals surface area contributed by atoms with Crippen molar-refractivity contribution in [3.05, 3.63) is 23.8 Å². The Bertz CT molecular complexity index is 410. The molecule has 0 radical (unpaired) electrons. The number of carbonyl (C=O) groups is 1. The summed E-state index contributed by atoms with van der Waals surface area (Å²) in [5, 5.41) is 12.6. The van der Waals surface area contributed by atoms with E-state index in [9.17, 15) is 9.90 Å². The Labute approximate surface area is 117 Å². The van der Waals surface area contributed by atoms with Crippen LogP contribution in [0.25, 0.3) is 0 Å². The van der Waals surface area contributed by atoms with Crippen molar-refractivity contribution in [1.29, 1.82) is 0 Å². The van der Waals surface area contributed by atoms with Gasteiger partial charge in [0, 0.05) is 16.7 Å². The highest BCUT2D eigenvalue weighted by Crippen LogP contribution is 2.29. The molecule has 0 aliphatic carbocycles. The first kappa shape index (κ1) is 15.2. The number of hydrogen-bond donors (Lipinski definition) is 2. The van der Waals surface area contributed by atoms with E-state index in [0.717, 1.165) is 16.4 Å². The van der Waals surface area contributed by atoms with Crippen LogP contribution in [0.2, 0.25) is 0 Å².